The molecule has 2 aromatic heterocycles. The Balaban J connectivity index is 1.67. The predicted octanol–water partition coefficient (Wildman–Crippen LogP) is 4.26. The largest absolute Gasteiger partial charge is 0.496 e. The van der Waals surface area contributed by atoms with E-state index in [0.717, 1.165) is 62.1 Å². The number of aromatic nitrogens is 4. The van der Waals surface area contributed by atoms with Crippen molar-refractivity contribution < 1.29 is 14.3 Å². The molecule has 3 aromatic rings. The van der Waals surface area contributed by atoms with Crippen molar-refractivity contribution >= 4 is 16.9 Å². The number of primary amides is 1. The van der Waals surface area contributed by atoms with Gasteiger partial charge >= 0.3 is 0 Å². The summed E-state index contributed by atoms with van der Waals surface area (Å²) in [5, 5.41) is 4.77. The van der Waals surface area contributed by atoms with Crippen molar-refractivity contribution in [3.63, 3.8) is 0 Å². The summed E-state index contributed by atoms with van der Waals surface area (Å²) in [4.78, 5) is 31.2. The van der Waals surface area contributed by atoms with Crippen LogP contribution in [0, 0.1) is 0 Å². The van der Waals surface area contributed by atoms with Crippen LogP contribution in [0.4, 0.5) is 0 Å². The number of ether oxygens (including phenoxy) is 2. The molecule has 204 valence electrons. The quantitative estimate of drug-likeness (QED) is 0.450. The van der Waals surface area contributed by atoms with E-state index in [4.69, 9.17) is 25.3 Å². The molecule has 0 spiro atoms. The molecule has 1 aromatic carbocycles. The average Bonchev–Trinajstić information content (AvgIpc) is 3.21. The van der Waals surface area contributed by atoms with Crippen LogP contribution in [0.1, 0.15) is 94.3 Å². The lowest BCUT2D eigenvalue weighted by molar-refractivity contribution is -0.125. The molecule has 9 heteroatoms. The number of benzene rings is 1. The Morgan fingerprint density at radius 2 is 1.84 bits per heavy atom. The number of hydrogen-bond acceptors (Lipinski definition) is 6. The minimum absolute atomic E-state index is 0.136. The molecule has 9 nitrogen and oxygen atoms in total. The maximum atomic E-state index is 13.7. The Hall–Kier alpha value is -3.20. The van der Waals surface area contributed by atoms with Crippen LogP contribution in [0.5, 0.6) is 5.75 Å². The number of fused-ring (bicyclic) bond motifs is 1. The summed E-state index contributed by atoms with van der Waals surface area (Å²) in [6, 6.07) is 7.87. The highest BCUT2D eigenvalue weighted by atomic mass is 16.5. The van der Waals surface area contributed by atoms with Gasteiger partial charge in [0, 0.05) is 24.9 Å². The van der Waals surface area contributed by atoms with E-state index in [1.807, 2.05) is 35.9 Å². The van der Waals surface area contributed by atoms with Crippen LogP contribution < -0.4 is 16.0 Å². The first kappa shape index (κ1) is 26.4. The van der Waals surface area contributed by atoms with Crippen molar-refractivity contribution in [1.29, 1.82) is 0 Å². The molecule has 2 aliphatic rings. The minimum Gasteiger partial charge on any atom is -0.496 e. The zero-order valence-corrected chi connectivity index (χ0v) is 22.9. The number of nitrogens with zero attached hydrogens (tertiary/aromatic N) is 4. The zero-order chi connectivity index (χ0) is 27.0. The van der Waals surface area contributed by atoms with E-state index in [9.17, 15) is 9.59 Å². The lowest BCUT2D eigenvalue weighted by atomic mass is 9.85. The van der Waals surface area contributed by atoms with Crippen LogP contribution in [0.25, 0.3) is 11.0 Å². The Morgan fingerprint density at radius 3 is 2.47 bits per heavy atom. The third-order valence-electron chi connectivity index (χ3n) is 8.40. The fourth-order valence-corrected chi connectivity index (χ4v) is 5.70. The van der Waals surface area contributed by atoms with E-state index in [0.29, 0.717) is 29.1 Å². The number of rotatable bonds is 9. The topological polar surface area (TPSA) is 114 Å². The van der Waals surface area contributed by atoms with E-state index in [-0.39, 0.29) is 17.8 Å². The normalized spacial score (nSPS) is 17.9. The molecule has 38 heavy (non-hydrogen) atoms. The van der Waals surface area contributed by atoms with E-state index in [2.05, 4.69) is 0 Å². The van der Waals surface area contributed by atoms with Gasteiger partial charge in [0.25, 0.3) is 5.56 Å². The van der Waals surface area contributed by atoms with Gasteiger partial charge in [0.05, 0.1) is 25.0 Å². The number of aryl methyl sites for hydroxylation is 1. The second-order valence-electron chi connectivity index (χ2n) is 11.3. The van der Waals surface area contributed by atoms with Crippen LogP contribution in [-0.4, -0.2) is 38.5 Å². The highest BCUT2D eigenvalue weighted by Gasteiger charge is 2.35. The fraction of sp³-hybridized carbons (Fsp3) is 0.586. The number of carbonyl (C=O) groups is 1. The van der Waals surface area contributed by atoms with Crippen LogP contribution in [0.2, 0.25) is 0 Å². The van der Waals surface area contributed by atoms with Gasteiger partial charge in [-0.15, -0.1) is 0 Å². The Morgan fingerprint density at radius 1 is 1.13 bits per heavy atom. The standard InChI is InChI=1S/C29H39N5O4/c1-29(2,28(30)36)34-27(35)25-24(31-26(33(25)3)18-11-10-12-18)21(32-34)17-23(38-19-13-6-5-7-14-19)20-15-8-9-16-22(20)37-4/h8-9,15-16,18-19,23H,5-7,10-14,17H2,1-4H3,(H2,30,36)/t23-/m0/s1. The number of para-hydroxylation sites is 1. The molecule has 1 atom stereocenters. The van der Waals surface area contributed by atoms with Crippen LogP contribution in [0.15, 0.2) is 29.1 Å². The van der Waals surface area contributed by atoms with Crippen molar-refractivity contribution in [2.75, 3.05) is 7.11 Å². The van der Waals surface area contributed by atoms with E-state index in [1.54, 1.807) is 21.0 Å². The minimum atomic E-state index is -1.31. The summed E-state index contributed by atoms with van der Waals surface area (Å²) in [6.07, 6.45) is 8.96. The number of methoxy groups -OCH3 is 1. The van der Waals surface area contributed by atoms with E-state index in [1.165, 1.54) is 11.1 Å². The molecule has 0 bridgehead atoms. The van der Waals surface area contributed by atoms with Crippen LogP contribution >= 0.6 is 0 Å². The first-order chi connectivity index (χ1) is 18.2. The highest BCUT2D eigenvalue weighted by Crippen LogP contribution is 2.38. The summed E-state index contributed by atoms with van der Waals surface area (Å²) < 4.78 is 15.6. The second kappa shape index (κ2) is 10.5. The predicted molar refractivity (Wildman–Crippen MR) is 145 cm³/mol. The summed E-state index contributed by atoms with van der Waals surface area (Å²) >= 11 is 0. The molecular formula is C29H39N5O4. The summed E-state index contributed by atoms with van der Waals surface area (Å²) in [6.45, 7) is 3.25. The third-order valence-corrected chi connectivity index (χ3v) is 8.40. The number of hydrogen-bond donors (Lipinski definition) is 1. The number of carbonyl (C=O) groups excluding carboxylic acids is 1. The van der Waals surface area contributed by atoms with Gasteiger partial charge < -0.3 is 19.8 Å². The fourth-order valence-electron chi connectivity index (χ4n) is 5.70. The van der Waals surface area contributed by atoms with Gasteiger partial charge in [-0.3, -0.25) is 9.59 Å². The number of imidazole rings is 1. The Labute approximate surface area is 223 Å². The lowest BCUT2D eigenvalue weighted by Gasteiger charge is -2.29. The summed E-state index contributed by atoms with van der Waals surface area (Å²) in [5.41, 5.74) is 6.62. The van der Waals surface area contributed by atoms with E-state index < -0.39 is 11.4 Å². The Kier molecular flexibility index (Phi) is 7.31. The van der Waals surface area contributed by atoms with Crippen molar-refractivity contribution in [3.05, 3.63) is 51.7 Å². The Bertz CT molecular complexity index is 1380. The SMILES string of the molecule is COc1ccccc1[C@H](Cc1nn(C(C)(C)C(N)=O)c(=O)c2c1nc(C1CCC1)n2C)OC1CCCCC1. The van der Waals surface area contributed by atoms with Gasteiger partial charge in [-0.05, 0) is 45.6 Å². The van der Waals surface area contributed by atoms with Crippen LogP contribution in [0.3, 0.4) is 0 Å². The molecule has 0 saturated heterocycles. The van der Waals surface area contributed by atoms with Crippen molar-refractivity contribution in [3.8, 4) is 5.75 Å². The van der Waals surface area contributed by atoms with Gasteiger partial charge in [-0.25, -0.2) is 9.67 Å². The average molecular weight is 522 g/mol. The molecule has 2 heterocycles. The molecule has 2 fully saturated rings. The number of amides is 1. The van der Waals surface area contributed by atoms with Crippen molar-refractivity contribution in [2.24, 2.45) is 12.8 Å². The van der Waals surface area contributed by atoms with Gasteiger partial charge in [0.15, 0.2) is 0 Å². The zero-order valence-electron chi connectivity index (χ0n) is 22.9. The van der Waals surface area contributed by atoms with Gasteiger partial charge in [-0.2, -0.15) is 5.10 Å². The molecule has 0 radical (unpaired) electrons. The molecule has 2 saturated carbocycles. The smallest absolute Gasteiger partial charge is 0.293 e. The maximum absolute atomic E-state index is 13.7. The van der Waals surface area contributed by atoms with Crippen LogP contribution in [-0.2, 0) is 28.5 Å². The molecule has 5 rings (SSSR count). The molecule has 2 aliphatic carbocycles. The first-order valence-corrected chi connectivity index (χ1v) is 13.8. The second-order valence-corrected chi connectivity index (χ2v) is 11.3. The van der Waals surface area contributed by atoms with Gasteiger partial charge in [0.2, 0.25) is 5.91 Å². The highest BCUT2D eigenvalue weighted by molar-refractivity contribution is 5.83. The van der Waals surface area contributed by atoms with E-state index >= 15 is 0 Å². The lowest BCUT2D eigenvalue weighted by Crippen LogP contribution is -2.48. The summed E-state index contributed by atoms with van der Waals surface area (Å²) in [7, 11) is 3.54. The van der Waals surface area contributed by atoms with Gasteiger partial charge in [-0.1, -0.05) is 43.9 Å². The van der Waals surface area contributed by atoms with Crippen molar-refractivity contribution in [2.45, 2.75) is 95.3 Å². The summed E-state index contributed by atoms with van der Waals surface area (Å²) in [5.74, 6) is 1.33. The monoisotopic (exact) mass is 521 g/mol. The van der Waals surface area contributed by atoms with Gasteiger partial charge in [0.1, 0.15) is 28.1 Å². The van der Waals surface area contributed by atoms with Crippen molar-refractivity contribution in [1.82, 2.24) is 19.3 Å². The number of nitrogens with two attached hydrogens (primary N) is 1. The first-order valence-electron chi connectivity index (χ1n) is 13.8. The molecule has 2 N–H and O–H groups in total. The molecule has 0 unspecified atom stereocenters. The maximum Gasteiger partial charge on any atom is 0.293 e. The molecule has 1 amide bonds. The molecular weight excluding hydrogens is 482 g/mol. The molecule has 0 aliphatic heterocycles. The third kappa shape index (κ3) is 4.72.